The molecule has 0 bridgehead atoms. The van der Waals surface area contributed by atoms with Gasteiger partial charge in [-0.1, -0.05) is 28.1 Å². The number of piperidine rings is 1. The van der Waals surface area contributed by atoms with Gasteiger partial charge in [0.1, 0.15) is 11.5 Å². The number of benzene rings is 2. The Hall–Kier alpha value is -2.58. The minimum absolute atomic E-state index is 0.0672. The minimum atomic E-state index is -0.636. The molecule has 1 N–H and O–H groups in total. The molecule has 152 valence electrons. The van der Waals surface area contributed by atoms with Crippen LogP contribution in [0.3, 0.4) is 0 Å². The Morgan fingerprint density at radius 2 is 1.86 bits per heavy atom. The van der Waals surface area contributed by atoms with Crippen LogP contribution in [0.15, 0.2) is 51.9 Å². The number of nitrogens with zero attached hydrogens (tertiary/aromatic N) is 2. The number of hydroxylamine groups is 1. The Morgan fingerprint density at radius 1 is 1.14 bits per heavy atom. The highest BCUT2D eigenvalue weighted by Gasteiger charge is 2.41. The van der Waals surface area contributed by atoms with E-state index >= 15 is 0 Å². The maximum atomic E-state index is 13.0. The summed E-state index contributed by atoms with van der Waals surface area (Å²) in [5.41, 5.74) is 3.81. The van der Waals surface area contributed by atoms with Crippen LogP contribution in [0.2, 0.25) is 0 Å². The van der Waals surface area contributed by atoms with Gasteiger partial charge in [-0.05, 0) is 24.3 Å². The van der Waals surface area contributed by atoms with Crippen molar-refractivity contribution in [3.63, 3.8) is 0 Å². The summed E-state index contributed by atoms with van der Waals surface area (Å²) in [6, 6.07) is 13.1. The molecule has 1 saturated heterocycles. The van der Waals surface area contributed by atoms with Gasteiger partial charge in [0, 0.05) is 42.0 Å². The zero-order valence-electron chi connectivity index (χ0n) is 16.3. The fourth-order valence-corrected chi connectivity index (χ4v) is 3.81. The lowest BCUT2D eigenvalue weighted by molar-refractivity contribution is -0.0849. The van der Waals surface area contributed by atoms with E-state index in [1.807, 2.05) is 29.2 Å². The van der Waals surface area contributed by atoms with Gasteiger partial charge in [-0.3, -0.25) is 4.79 Å². The average molecular weight is 460 g/mol. The molecular weight excluding hydrogens is 438 g/mol. The molecule has 0 radical (unpaired) electrons. The largest absolute Gasteiger partial charge is 0.497 e. The summed E-state index contributed by atoms with van der Waals surface area (Å²) in [5.74, 6) is 1.80. The van der Waals surface area contributed by atoms with Crippen LogP contribution in [0.5, 0.6) is 11.5 Å². The van der Waals surface area contributed by atoms with Crippen molar-refractivity contribution in [3.05, 3.63) is 58.1 Å². The molecule has 29 heavy (non-hydrogen) atoms. The Labute approximate surface area is 177 Å². The van der Waals surface area contributed by atoms with Crippen molar-refractivity contribution in [1.29, 1.82) is 0 Å². The van der Waals surface area contributed by atoms with Gasteiger partial charge in [0.05, 0.1) is 19.8 Å². The molecule has 0 saturated carbocycles. The van der Waals surface area contributed by atoms with Crippen molar-refractivity contribution in [2.75, 3.05) is 27.3 Å². The van der Waals surface area contributed by atoms with Gasteiger partial charge in [0.2, 0.25) is 0 Å². The molecule has 0 aliphatic carbocycles. The zero-order valence-corrected chi connectivity index (χ0v) is 17.9. The lowest BCUT2D eigenvalue weighted by atomic mass is 10.00. The lowest BCUT2D eigenvalue weighted by Crippen LogP contribution is -2.46. The maximum absolute atomic E-state index is 13.0. The number of nitrogens with one attached hydrogen (secondary N) is 1. The van der Waals surface area contributed by atoms with Crippen molar-refractivity contribution in [1.82, 2.24) is 10.4 Å². The second kappa shape index (κ2) is 8.04. The van der Waals surface area contributed by atoms with Gasteiger partial charge in [0.25, 0.3) is 5.91 Å². The van der Waals surface area contributed by atoms with Gasteiger partial charge in [-0.15, -0.1) is 0 Å². The number of halogens is 1. The van der Waals surface area contributed by atoms with Crippen molar-refractivity contribution < 1.29 is 19.1 Å². The van der Waals surface area contributed by atoms with Crippen LogP contribution in [0.1, 0.15) is 28.8 Å². The van der Waals surface area contributed by atoms with E-state index in [2.05, 4.69) is 21.4 Å². The molecule has 2 aliphatic heterocycles. The summed E-state index contributed by atoms with van der Waals surface area (Å²) < 4.78 is 11.6. The molecule has 1 amide bonds. The molecule has 7 nitrogen and oxygen atoms in total. The van der Waals surface area contributed by atoms with Gasteiger partial charge < -0.3 is 14.4 Å². The number of aliphatic imine (C=N–C) groups is 1. The SMILES string of the molecule is COc1ccc(C(=O)N2CCC3(CC2)N=C(c2ccc(Br)cc2)NO3)c(OC)c1. The van der Waals surface area contributed by atoms with E-state index in [1.54, 1.807) is 32.4 Å². The standard InChI is InChI=1S/C21H22BrN3O4/c1-27-16-7-8-17(18(13-16)28-2)20(26)25-11-9-21(10-12-25)23-19(24-29-21)14-3-5-15(22)6-4-14/h3-8,13H,9-12H2,1-2H3,(H,23,24). The smallest absolute Gasteiger partial charge is 0.257 e. The zero-order chi connectivity index (χ0) is 20.4. The van der Waals surface area contributed by atoms with Crippen molar-refractivity contribution in [2.45, 2.75) is 18.6 Å². The summed E-state index contributed by atoms with van der Waals surface area (Å²) in [6.45, 7) is 1.10. The van der Waals surface area contributed by atoms with Gasteiger partial charge >= 0.3 is 0 Å². The second-order valence-electron chi connectivity index (χ2n) is 6.98. The molecule has 1 spiro atoms. The topological polar surface area (TPSA) is 72.4 Å². The van der Waals surface area contributed by atoms with Crippen LogP contribution in [0.25, 0.3) is 0 Å². The maximum Gasteiger partial charge on any atom is 0.257 e. The van der Waals surface area contributed by atoms with Crippen LogP contribution in [-0.2, 0) is 4.84 Å². The van der Waals surface area contributed by atoms with E-state index in [0.717, 1.165) is 10.0 Å². The van der Waals surface area contributed by atoms with E-state index in [1.165, 1.54) is 0 Å². The molecule has 1 fully saturated rings. The highest BCUT2D eigenvalue weighted by molar-refractivity contribution is 9.10. The third-order valence-electron chi connectivity index (χ3n) is 5.24. The number of carbonyl (C=O) groups is 1. The molecule has 2 aromatic rings. The highest BCUT2D eigenvalue weighted by atomic mass is 79.9. The number of methoxy groups -OCH3 is 2. The van der Waals surface area contributed by atoms with E-state index in [0.29, 0.717) is 48.8 Å². The van der Waals surface area contributed by atoms with Gasteiger partial charge in [-0.25, -0.2) is 15.3 Å². The Balaban J connectivity index is 1.46. The lowest BCUT2D eigenvalue weighted by Gasteiger charge is -2.35. The second-order valence-corrected chi connectivity index (χ2v) is 7.89. The number of ether oxygens (including phenoxy) is 2. The van der Waals surface area contributed by atoms with Crippen LogP contribution >= 0.6 is 15.9 Å². The van der Waals surface area contributed by atoms with E-state index in [9.17, 15) is 4.79 Å². The average Bonchev–Trinajstić information content (AvgIpc) is 3.17. The molecule has 0 unspecified atom stereocenters. The predicted octanol–water partition coefficient (Wildman–Crippen LogP) is 3.38. The summed E-state index contributed by atoms with van der Waals surface area (Å²) in [4.78, 5) is 25.5. The molecule has 2 aromatic carbocycles. The first-order valence-corrected chi connectivity index (χ1v) is 10.1. The summed E-state index contributed by atoms with van der Waals surface area (Å²) >= 11 is 3.44. The molecule has 2 aliphatic rings. The van der Waals surface area contributed by atoms with Crippen LogP contribution < -0.4 is 15.0 Å². The first-order chi connectivity index (χ1) is 14.0. The summed E-state index contributed by atoms with van der Waals surface area (Å²) in [7, 11) is 3.13. The van der Waals surface area contributed by atoms with Crippen LogP contribution in [0.4, 0.5) is 0 Å². The molecule has 2 heterocycles. The summed E-state index contributed by atoms with van der Waals surface area (Å²) in [5, 5.41) is 0. The third kappa shape index (κ3) is 3.95. The van der Waals surface area contributed by atoms with Gasteiger partial charge in [-0.2, -0.15) is 0 Å². The Kier molecular flexibility index (Phi) is 5.47. The molecule has 0 atom stereocenters. The summed E-state index contributed by atoms with van der Waals surface area (Å²) in [6.07, 6.45) is 1.23. The van der Waals surface area contributed by atoms with Gasteiger partial charge in [0.15, 0.2) is 11.6 Å². The predicted molar refractivity (Wildman–Crippen MR) is 112 cm³/mol. The third-order valence-corrected chi connectivity index (χ3v) is 5.77. The van der Waals surface area contributed by atoms with Crippen molar-refractivity contribution >= 4 is 27.7 Å². The number of carbonyl (C=O) groups excluding carboxylic acids is 1. The van der Waals surface area contributed by atoms with E-state index < -0.39 is 5.72 Å². The molecule has 0 aromatic heterocycles. The van der Waals surface area contributed by atoms with Crippen LogP contribution in [-0.4, -0.2) is 49.7 Å². The van der Waals surface area contributed by atoms with Crippen LogP contribution in [0, 0.1) is 0 Å². The fourth-order valence-electron chi connectivity index (χ4n) is 3.54. The Bertz CT molecular complexity index is 937. The highest BCUT2D eigenvalue weighted by Crippen LogP contribution is 2.33. The monoisotopic (exact) mass is 459 g/mol. The number of amidine groups is 1. The van der Waals surface area contributed by atoms with Crippen molar-refractivity contribution in [3.8, 4) is 11.5 Å². The molecule has 4 rings (SSSR count). The van der Waals surface area contributed by atoms with Crippen molar-refractivity contribution in [2.24, 2.45) is 4.99 Å². The quantitative estimate of drug-likeness (QED) is 0.758. The Morgan fingerprint density at radius 3 is 2.52 bits per heavy atom. The van der Waals surface area contributed by atoms with E-state index in [4.69, 9.17) is 19.3 Å². The number of amides is 1. The number of hydrogen-bond donors (Lipinski definition) is 1. The number of rotatable bonds is 4. The number of likely N-dealkylation sites (tertiary alicyclic amines) is 1. The first kappa shape index (κ1) is 19.7. The van der Waals surface area contributed by atoms with E-state index in [-0.39, 0.29) is 5.91 Å². The normalized spacial score (nSPS) is 17.6. The number of hydrogen-bond acceptors (Lipinski definition) is 6. The molecule has 8 heteroatoms. The fraction of sp³-hybridized carbons (Fsp3) is 0.333. The molecular formula is C21H22BrN3O4. The first-order valence-electron chi connectivity index (χ1n) is 9.35. The minimum Gasteiger partial charge on any atom is -0.497 e.